The van der Waals surface area contributed by atoms with Crippen molar-refractivity contribution in [1.29, 1.82) is 0 Å². The van der Waals surface area contributed by atoms with Crippen molar-refractivity contribution in [3.63, 3.8) is 0 Å². The number of carboxylic acids is 2. The van der Waals surface area contributed by atoms with E-state index in [2.05, 4.69) is 59.2 Å². The van der Waals surface area contributed by atoms with Crippen LogP contribution in [-0.2, 0) is 19.1 Å². The second-order valence-corrected chi connectivity index (χ2v) is 15.3. The minimum Gasteiger partial charge on any atom is -0.481 e. The van der Waals surface area contributed by atoms with Crippen LogP contribution in [0.5, 0.6) is 0 Å². The van der Waals surface area contributed by atoms with E-state index in [9.17, 15) is 29.4 Å². The van der Waals surface area contributed by atoms with Gasteiger partial charge in [0.25, 0.3) is 0 Å². The third kappa shape index (κ3) is 7.05. The first-order valence-corrected chi connectivity index (χ1v) is 18.7. The minimum absolute atomic E-state index is 0.00481. The van der Waals surface area contributed by atoms with E-state index < -0.39 is 47.0 Å². The highest BCUT2D eigenvalue weighted by Gasteiger charge is 2.46. The Morgan fingerprint density at radius 2 is 0.852 bits per heavy atom. The molecule has 0 unspecified atom stereocenters. The summed E-state index contributed by atoms with van der Waals surface area (Å²) in [5.41, 5.74) is 7.81. The number of fused-ring (bicyclic) bond motifs is 6. The van der Waals surface area contributed by atoms with Crippen molar-refractivity contribution in [3.8, 4) is 22.3 Å². The molecular weight excluding hydrogens is 684 g/mol. The van der Waals surface area contributed by atoms with Gasteiger partial charge in [-0.05, 0) is 84.0 Å². The van der Waals surface area contributed by atoms with Crippen LogP contribution in [-0.4, -0.2) is 58.6 Å². The quantitative estimate of drug-likeness (QED) is 0.141. The first-order valence-electron chi connectivity index (χ1n) is 18.7. The zero-order valence-corrected chi connectivity index (χ0v) is 30.5. The molecule has 0 aromatic heterocycles. The van der Waals surface area contributed by atoms with Crippen LogP contribution in [0, 0.1) is 11.8 Å². The molecule has 4 aromatic rings. The summed E-state index contributed by atoms with van der Waals surface area (Å²) in [5.74, 6) is -2.89. The number of carboxylic acid groups (broad SMARTS) is 2. The molecule has 4 N–H and O–H groups in total. The lowest BCUT2D eigenvalue weighted by Gasteiger charge is -2.30. The molecule has 4 atom stereocenters. The SMILES string of the molecule is C[C@@]1(NC(=O)OCC2c3ccccc3-c3ccccc32)CCC[C@@H]1C(=O)O.C[C@]1(NC(=O)OCC2c3ccccc3-c3ccccc32)CCC[C@H]1C(=O)O. The van der Waals surface area contributed by atoms with Gasteiger partial charge in [0.15, 0.2) is 0 Å². The molecule has 4 aliphatic rings. The molecule has 54 heavy (non-hydrogen) atoms. The van der Waals surface area contributed by atoms with Gasteiger partial charge in [-0.25, -0.2) is 9.59 Å². The van der Waals surface area contributed by atoms with Crippen LogP contribution in [0.3, 0.4) is 0 Å². The molecule has 0 spiro atoms. The first-order chi connectivity index (χ1) is 26.0. The number of hydrogen-bond acceptors (Lipinski definition) is 6. The lowest BCUT2D eigenvalue weighted by atomic mass is 9.89. The van der Waals surface area contributed by atoms with Gasteiger partial charge < -0.3 is 30.3 Å². The van der Waals surface area contributed by atoms with E-state index in [1.165, 1.54) is 22.3 Å². The van der Waals surface area contributed by atoms with E-state index in [1.807, 2.05) is 48.5 Å². The molecule has 10 heteroatoms. The summed E-state index contributed by atoms with van der Waals surface area (Å²) < 4.78 is 11.1. The van der Waals surface area contributed by atoms with Gasteiger partial charge in [0.2, 0.25) is 0 Å². The molecular formula is C44H46N2O8. The Morgan fingerprint density at radius 1 is 0.556 bits per heavy atom. The van der Waals surface area contributed by atoms with Crippen molar-refractivity contribution in [2.75, 3.05) is 13.2 Å². The monoisotopic (exact) mass is 730 g/mol. The van der Waals surface area contributed by atoms with Crippen molar-refractivity contribution >= 4 is 24.1 Å². The number of rotatable bonds is 8. The van der Waals surface area contributed by atoms with Crippen LogP contribution in [0.25, 0.3) is 22.3 Å². The first kappa shape index (κ1) is 36.7. The van der Waals surface area contributed by atoms with Gasteiger partial charge >= 0.3 is 24.1 Å². The van der Waals surface area contributed by atoms with Crippen molar-refractivity contribution in [1.82, 2.24) is 10.6 Å². The van der Waals surface area contributed by atoms with E-state index in [1.54, 1.807) is 13.8 Å². The lowest BCUT2D eigenvalue weighted by Crippen LogP contribution is -2.51. The maximum Gasteiger partial charge on any atom is 0.407 e. The van der Waals surface area contributed by atoms with Crippen LogP contribution >= 0.6 is 0 Å². The number of amides is 2. The van der Waals surface area contributed by atoms with Crippen molar-refractivity contribution in [2.45, 2.75) is 75.3 Å². The van der Waals surface area contributed by atoms with Gasteiger partial charge in [-0.15, -0.1) is 0 Å². The molecule has 2 amide bonds. The molecule has 8 rings (SSSR count). The van der Waals surface area contributed by atoms with Gasteiger partial charge in [0.1, 0.15) is 13.2 Å². The number of carbonyl (C=O) groups is 4. The number of nitrogens with one attached hydrogen (secondary N) is 2. The molecule has 2 saturated carbocycles. The van der Waals surface area contributed by atoms with Crippen molar-refractivity contribution in [2.24, 2.45) is 11.8 Å². The molecule has 10 nitrogen and oxygen atoms in total. The number of hydrogen-bond donors (Lipinski definition) is 4. The fourth-order valence-electron chi connectivity index (χ4n) is 9.16. The maximum atomic E-state index is 12.4. The summed E-state index contributed by atoms with van der Waals surface area (Å²) in [5, 5.41) is 24.4. The Morgan fingerprint density at radius 3 is 1.15 bits per heavy atom. The molecule has 0 saturated heterocycles. The normalized spacial score (nSPS) is 23.5. The minimum atomic E-state index is -0.867. The highest BCUT2D eigenvalue weighted by molar-refractivity contribution is 5.81. The molecule has 0 bridgehead atoms. The number of ether oxygens (including phenoxy) is 2. The standard InChI is InChI=1S/2C22H23NO4/c2*1-22(12-6-11-19(22)20(24)25)23-21(26)27-13-18-16-9-4-2-7-14(16)15-8-3-5-10-17(15)18/h2*2-5,7-10,18-19H,6,11-13H2,1H3,(H,23,26)(H,24,25)/t2*19-,22-/m10/s1. The zero-order chi connectivity index (χ0) is 38.0. The highest BCUT2D eigenvalue weighted by Crippen LogP contribution is 2.46. The van der Waals surface area contributed by atoms with Crippen LogP contribution < -0.4 is 10.6 Å². The van der Waals surface area contributed by atoms with Gasteiger partial charge in [-0.1, -0.05) is 110 Å². The Balaban J connectivity index is 0.000000167. The van der Waals surface area contributed by atoms with Crippen LogP contribution in [0.1, 0.15) is 86.5 Å². The van der Waals surface area contributed by atoms with Crippen LogP contribution in [0.15, 0.2) is 97.1 Å². The van der Waals surface area contributed by atoms with Gasteiger partial charge in [0.05, 0.1) is 22.9 Å². The maximum absolute atomic E-state index is 12.4. The predicted octanol–water partition coefficient (Wildman–Crippen LogP) is 8.34. The average Bonchev–Trinajstić information content (AvgIpc) is 3.91. The number of alkyl carbamates (subject to hydrolysis) is 2. The van der Waals surface area contributed by atoms with Gasteiger partial charge in [0, 0.05) is 11.8 Å². The van der Waals surface area contributed by atoms with E-state index in [0.717, 1.165) is 35.1 Å². The third-order valence-corrected chi connectivity index (χ3v) is 12.0. The van der Waals surface area contributed by atoms with Gasteiger partial charge in [-0.3, -0.25) is 9.59 Å². The molecule has 0 radical (unpaired) electrons. The molecule has 2 fully saturated rings. The van der Waals surface area contributed by atoms with Gasteiger partial charge in [-0.2, -0.15) is 0 Å². The summed E-state index contributed by atoms with van der Waals surface area (Å²) in [6, 6.07) is 32.7. The number of benzene rings is 4. The summed E-state index contributed by atoms with van der Waals surface area (Å²) in [6.45, 7) is 4.04. The summed E-state index contributed by atoms with van der Waals surface area (Å²) in [6.07, 6.45) is 2.93. The summed E-state index contributed by atoms with van der Waals surface area (Å²) >= 11 is 0. The molecule has 4 aliphatic carbocycles. The molecule has 0 heterocycles. The Bertz CT molecular complexity index is 1840. The van der Waals surface area contributed by atoms with E-state index >= 15 is 0 Å². The smallest absolute Gasteiger partial charge is 0.407 e. The Kier molecular flexibility index (Phi) is 10.2. The topological polar surface area (TPSA) is 151 Å². The fourth-order valence-corrected chi connectivity index (χ4v) is 9.16. The van der Waals surface area contributed by atoms with Crippen LogP contribution in [0.4, 0.5) is 9.59 Å². The van der Waals surface area contributed by atoms with Crippen molar-refractivity contribution in [3.05, 3.63) is 119 Å². The largest absolute Gasteiger partial charge is 0.481 e. The second kappa shape index (κ2) is 15.0. The van der Waals surface area contributed by atoms with E-state index in [4.69, 9.17) is 9.47 Å². The number of carbonyl (C=O) groups excluding carboxylic acids is 2. The molecule has 280 valence electrons. The molecule has 0 aliphatic heterocycles. The fraction of sp³-hybridized carbons (Fsp3) is 0.364. The zero-order valence-electron chi connectivity index (χ0n) is 30.5. The van der Waals surface area contributed by atoms with Crippen LogP contribution in [0.2, 0.25) is 0 Å². The average molecular weight is 731 g/mol. The predicted molar refractivity (Wildman–Crippen MR) is 203 cm³/mol. The molecule has 4 aromatic carbocycles. The summed E-state index contributed by atoms with van der Waals surface area (Å²) in [7, 11) is 0. The third-order valence-electron chi connectivity index (χ3n) is 12.0. The lowest BCUT2D eigenvalue weighted by molar-refractivity contribution is -0.144. The van der Waals surface area contributed by atoms with Crippen molar-refractivity contribution < 1.29 is 38.9 Å². The summed E-state index contributed by atoms with van der Waals surface area (Å²) in [4.78, 5) is 47.8. The second-order valence-electron chi connectivity index (χ2n) is 15.3. The Hall–Kier alpha value is -5.64. The highest BCUT2D eigenvalue weighted by atomic mass is 16.6. The van der Waals surface area contributed by atoms with E-state index in [-0.39, 0.29) is 25.0 Å². The number of aliphatic carboxylic acids is 2. The Labute approximate surface area is 314 Å². The van der Waals surface area contributed by atoms with E-state index in [0.29, 0.717) is 25.7 Å².